The number of nitrogens with one attached hydrogen (secondary N) is 1. The van der Waals surface area contributed by atoms with E-state index in [4.69, 9.17) is 0 Å². The van der Waals surface area contributed by atoms with Gasteiger partial charge in [0.1, 0.15) is 5.69 Å². The summed E-state index contributed by atoms with van der Waals surface area (Å²) in [6.07, 6.45) is 3.86. The third-order valence-electron chi connectivity index (χ3n) is 4.25. The highest BCUT2D eigenvalue weighted by Crippen LogP contribution is 2.23. The van der Waals surface area contributed by atoms with E-state index in [0.29, 0.717) is 17.6 Å². The maximum atomic E-state index is 12.6. The van der Waals surface area contributed by atoms with Crippen LogP contribution in [0.15, 0.2) is 34.9 Å². The van der Waals surface area contributed by atoms with E-state index in [1.807, 2.05) is 30.0 Å². The highest BCUT2D eigenvalue weighted by molar-refractivity contribution is 9.10. The van der Waals surface area contributed by atoms with Gasteiger partial charge in [-0.2, -0.15) is 0 Å². The Hall–Kier alpha value is -1.95. The second kappa shape index (κ2) is 7.30. The summed E-state index contributed by atoms with van der Waals surface area (Å²) in [7, 11) is 0. The summed E-state index contributed by atoms with van der Waals surface area (Å²) < 4.78 is 1.02. The average molecular weight is 389 g/mol. The zero-order valence-corrected chi connectivity index (χ0v) is 15.5. The predicted octanol–water partition coefficient (Wildman–Crippen LogP) is 4.16. The van der Waals surface area contributed by atoms with E-state index in [-0.39, 0.29) is 5.91 Å². The molecular weight excluding hydrogens is 368 g/mol. The van der Waals surface area contributed by atoms with E-state index in [1.165, 1.54) is 6.42 Å². The van der Waals surface area contributed by atoms with Crippen LogP contribution in [-0.2, 0) is 0 Å². The lowest BCUT2D eigenvalue weighted by Gasteiger charge is -2.30. The first-order valence-corrected chi connectivity index (χ1v) is 8.98. The first-order valence-electron chi connectivity index (χ1n) is 8.18. The van der Waals surface area contributed by atoms with Crippen molar-refractivity contribution in [2.75, 3.05) is 18.4 Å². The maximum Gasteiger partial charge on any atom is 0.272 e. The standard InChI is InChI=1S/C18H21BrN4O/c1-12-4-3-9-23(11-12)17(24)16-7-8-20-18(22-16)21-14-6-5-13(2)15(19)10-14/h5-8,10,12H,3-4,9,11H2,1-2H3,(H,20,21,22). The van der Waals surface area contributed by atoms with E-state index < -0.39 is 0 Å². The van der Waals surface area contributed by atoms with Gasteiger partial charge in [0, 0.05) is 29.4 Å². The minimum atomic E-state index is -0.0166. The SMILES string of the molecule is Cc1ccc(Nc2nccc(C(=O)N3CCCC(C)C3)n2)cc1Br. The van der Waals surface area contributed by atoms with Crippen molar-refractivity contribution in [2.24, 2.45) is 5.92 Å². The molecule has 2 heterocycles. The predicted molar refractivity (Wildman–Crippen MR) is 98.5 cm³/mol. The first kappa shape index (κ1) is 16.9. The summed E-state index contributed by atoms with van der Waals surface area (Å²) in [5, 5.41) is 3.16. The Morgan fingerprint density at radius 2 is 2.21 bits per heavy atom. The van der Waals surface area contributed by atoms with Gasteiger partial charge in [-0.25, -0.2) is 9.97 Å². The second-order valence-corrected chi connectivity index (χ2v) is 7.21. The molecule has 0 bridgehead atoms. The van der Waals surface area contributed by atoms with E-state index in [2.05, 4.69) is 38.1 Å². The molecule has 6 heteroatoms. The monoisotopic (exact) mass is 388 g/mol. The molecule has 1 aliphatic heterocycles. The van der Waals surface area contributed by atoms with Gasteiger partial charge in [0.05, 0.1) is 0 Å². The van der Waals surface area contributed by atoms with Crippen molar-refractivity contribution >= 4 is 33.5 Å². The molecule has 0 aliphatic carbocycles. The normalized spacial score (nSPS) is 17.6. The van der Waals surface area contributed by atoms with Gasteiger partial charge in [0.15, 0.2) is 0 Å². The number of piperidine rings is 1. The zero-order valence-electron chi connectivity index (χ0n) is 13.9. The van der Waals surface area contributed by atoms with Gasteiger partial charge >= 0.3 is 0 Å². The quantitative estimate of drug-likeness (QED) is 0.857. The number of aromatic nitrogens is 2. The van der Waals surface area contributed by atoms with Crippen molar-refractivity contribution in [3.8, 4) is 0 Å². The number of likely N-dealkylation sites (tertiary alicyclic amines) is 1. The largest absolute Gasteiger partial charge is 0.337 e. The van der Waals surface area contributed by atoms with Crippen LogP contribution in [0.5, 0.6) is 0 Å². The number of anilines is 2. The average Bonchev–Trinajstić information content (AvgIpc) is 2.58. The van der Waals surface area contributed by atoms with Crippen LogP contribution in [-0.4, -0.2) is 33.9 Å². The van der Waals surface area contributed by atoms with E-state index in [1.54, 1.807) is 12.3 Å². The highest BCUT2D eigenvalue weighted by Gasteiger charge is 2.23. The molecule has 1 unspecified atom stereocenters. The molecule has 24 heavy (non-hydrogen) atoms. The Labute approximate surface area is 150 Å². The number of hydrogen-bond acceptors (Lipinski definition) is 4. The fourth-order valence-corrected chi connectivity index (χ4v) is 3.25. The maximum absolute atomic E-state index is 12.6. The van der Waals surface area contributed by atoms with E-state index >= 15 is 0 Å². The lowest BCUT2D eigenvalue weighted by Crippen LogP contribution is -2.39. The van der Waals surface area contributed by atoms with Gasteiger partial charge in [0.2, 0.25) is 5.95 Å². The third-order valence-corrected chi connectivity index (χ3v) is 5.10. The minimum absolute atomic E-state index is 0.0166. The topological polar surface area (TPSA) is 58.1 Å². The number of aryl methyl sites for hydroxylation is 1. The van der Waals surface area contributed by atoms with Gasteiger partial charge in [0.25, 0.3) is 5.91 Å². The van der Waals surface area contributed by atoms with Crippen LogP contribution >= 0.6 is 15.9 Å². The Morgan fingerprint density at radius 3 is 2.96 bits per heavy atom. The number of nitrogens with zero attached hydrogens (tertiary/aromatic N) is 3. The van der Waals surface area contributed by atoms with Crippen LogP contribution in [0, 0.1) is 12.8 Å². The summed E-state index contributed by atoms with van der Waals surface area (Å²) in [5.41, 5.74) is 2.47. The molecule has 1 aromatic heterocycles. The molecule has 2 aromatic rings. The first-order chi connectivity index (χ1) is 11.5. The van der Waals surface area contributed by atoms with Gasteiger partial charge in [-0.05, 0) is 49.4 Å². The Bertz CT molecular complexity index is 750. The molecule has 3 rings (SSSR count). The van der Waals surface area contributed by atoms with Crippen LogP contribution in [0.2, 0.25) is 0 Å². The number of benzene rings is 1. The number of halogens is 1. The molecule has 0 saturated carbocycles. The third kappa shape index (κ3) is 3.93. The van der Waals surface area contributed by atoms with Crippen molar-refractivity contribution in [3.05, 3.63) is 46.2 Å². The fraction of sp³-hybridized carbons (Fsp3) is 0.389. The summed E-state index contributed by atoms with van der Waals surface area (Å²) in [6, 6.07) is 7.62. The summed E-state index contributed by atoms with van der Waals surface area (Å²) >= 11 is 3.51. The van der Waals surface area contributed by atoms with Gasteiger partial charge in [-0.1, -0.05) is 28.9 Å². The molecule has 126 valence electrons. The van der Waals surface area contributed by atoms with Crippen molar-refractivity contribution < 1.29 is 4.79 Å². The van der Waals surface area contributed by atoms with Crippen molar-refractivity contribution in [3.63, 3.8) is 0 Å². The number of rotatable bonds is 3. The molecule has 1 aromatic carbocycles. The van der Waals surface area contributed by atoms with E-state index in [0.717, 1.165) is 35.2 Å². The second-order valence-electron chi connectivity index (χ2n) is 6.35. The number of carbonyl (C=O) groups excluding carboxylic acids is 1. The van der Waals surface area contributed by atoms with Crippen molar-refractivity contribution in [1.82, 2.24) is 14.9 Å². The lowest BCUT2D eigenvalue weighted by molar-refractivity contribution is 0.0677. The van der Waals surface area contributed by atoms with Gasteiger partial charge in [-0.15, -0.1) is 0 Å². The molecular formula is C18H21BrN4O. The van der Waals surface area contributed by atoms with Crippen LogP contribution in [0.4, 0.5) is 11.6 Å². The van der Waals surface area contributed by atoms with Crippen LogP contribution in [0.1, 0.15) is 35.8 Å². The van der Waals surface area contributed by atoms with Crippen LogP contribution in [0.3, 0.4) is 0 Å². The zero-order chi connectivity index (χ0) is 17.1. The van der Waals surface area contributed by atoms with Crippen LogP contribution < -0.4 is 5.32 Å². The molecule has 1 N–H and O–H groups in total. The van der Waals surface area contributed by atoms with Gasteiger partial charge in [-0.3, -0.25) is 4.79 Å². The van der Waals surface area contributed by atoms with Crippen molar-refractivity contribution in [1.29, 1.82) is 0 Å². The lowest BCUT2D eigenvalue weighted by atomic mass is 10.00. The number of hydrogen-bond donors (Lipinski definition) is 1. The molecule has 0 radical (unpaired) electrons. The Kier molecular flexibility index (Phi) is 5.14. The summed E-state index contributed by atoms with van der Waals surface area (Å²) in [4.78, 5) is 23.2. The number of amides is 1. The number of carbonyl (C=O) groups is 1. The smallest absolute Gasteiger partial charge is 0.272 e. The molecule has 5 nitrogen and oxygen atoms in total. The summed E-state index contributed by atoms with van der Waals surface area (Å²) in [5.74, 6) is 0.964. The summed E-state index contributed by atoms with van der Waals surface area (Å²) in [6.45, 7) is 5.82. The highest BCUT2D eigenvalue weighted by atomic mass is 79.9. The van der Waals surface area contributed by atoms with Crippen LogP contribution in [0.25, 0.3) is 0 Å². The fourth-order valence-electron chi connectivity index (χ4n) is 2.87. The molecule has 1 aliphatic rings. The molecule has 1 atom stereocenters. The molecule has 0 spiro atoms. The Balaban J connectivity index is 1.76. The Morgan fingerprint density at radius 1 is 1.38 bits per heavy atom. The van der Waals surface area contributed by atoms with Gasteiger partial charge < -0.3 is 10.2 Å². The molecule has 1 amide bonds. The molecule has 1 saturated heterocycles. The van der Waals surface area contributed by atoms with E-state index in [9.17, 15) is 4.79 Å². The molecule has 1 fully saturated rings. The van der Waals surface area contributed by atoms with Crippen molar-refractivity contribution in [2.45, 2.75) is 26.7 Å². The minimum Gasteiger partial charge on any atom is -0.337 e.